The number of piperazine rings is 1. The third-order valence-electron chi connectivity index (χ3n) is 6.22. The number of hydrogen-bond donors (Lipinski definition) is 2. The molecule has 2 saturated heterocycles. The van der Waals surface area contributed by atoms with Gasteiger partial charge in [0, 0.05) is 50.5 Å². The van der Waals surface area contributed by atoms with Gasteiger partial charge < -0.3 is 25.0 Å². The van der Waals surface area contributed by atoms with Crippen LogP contribution in [0.15, 0.2) is 42.5 Å². The maximum absolute atomic E-state index is 12.6. The van der Waals surface area contributed by atoms with Crippen LogP contribution in [0.5, 0.6) is 0 Å². The first kappa shape index (κ1) is 23.7. The molecule has 2 heterocycles. The Morgan fingerprint density at radius 1 is 0.971 bits per heavy atom. The average molecular weight is 467 g/mol. The molecule has 2 aromatic rings. The van der Waals surface area contributed by atoms with Crippen LogP contribution in [0.1, 0.15) is 26.3 Å². The number of carboxylic acids is 1. The van der Waals surface area contributed by atoms with Crippen molar-refractivity contribution in [3.05, 3.63) is 59.2 Å². The molecule has 2 aliphatic rings. The molecule has 0 aliphatic carbocycles. The molecule has 34 heavy (non-hydrogen) atoms. The second-order valence-electron chi connectivity index (χ2n) is 8.61. The zero-order chi connectivity index (χ0) is 24.1. The van der Waals surface area contributed by atoms with Gasteiger partial charge in [0.1, 0.15) is 0 Å². The van der Waals surface area contributed by atoms with E-state index in [4.69, 9.17) is 4.74 Å². The molecule has 0 saturated carbocycles. The Hall–Kier alpha value is -3.43. The summed E-state index contributed by atoms with van der Waals surface area (Å²) in [6.07, 6.45) is 0. The summed E-state index contributed by atoms with van der Waals surface area (Å²) in [6.45, 7) is 7.54. The fourth-order valence-corrected chi connectivity index (χ4v) is 4.26. The topological polar surface area (TPSA) is 102 Å². The van der Waals surface area contributed by atoms with E-state index in [2.05, 4.69) is 15.1 Å². The predicted octanol–water partition coefficient (Wildman–Crippen LogP) is 1.93. The fourth-order valence-electron chi connectivity index (χ4n) is 4.26. The minimum absolute atomic E-state index is 0.0448. The molecular formula is C25H30N4O5. The van der Waals surface area contributed by atoms with Crippen molar-refractivity contribution in [2.24, 2.45) is 0 Å². The van der Waals surface area contributed by atoms with Crippen LogP contribution in [0.4, 0.5) is 11.4 Å². The monoisotopic (exact) mass is 466 g/mol. The van der Waals surface area contributed by atoms with Crippen LogP contribution in [0, 0.1) is 6.92 Å². The number of carbonyl (C=O) groups is 3. The number of anilines is 2. The van der Waals surface area contributed by atoms with E-state index in [0.29, 0.717) is 64.6 Å². The number of nitrogens with zero attached hydrogens (tertiary/aromatic N) is 3. The molecule has 0 unspecified atom stereocenters. The number of nitrogens with one attached hydrogen (secondary N) is 1. The van der Waals surface area contributed by atoms with Gasteiger partial charge in [0.15, 0.2) is 0 Å². The number of carbonyl (C=O) groups excluding carboxylic acids is 2. The molecule has 0 spiro atoms. The lowest BCUT2D eigenvalue weighted by molar-refractivity contribution is -0.136. The summed E-state index contributed by atoms with van der Waals surface area (Å²) < 4.78 is 5.31. The molecule has 0 aromatic heterocycles. The predicted molar refractivity (Wildman–Crippen MR) is 129 cm³/mol. The number of hydrogen-bond acceptors (Lipinski definition) is 6. The van der Waals surface area contributed by atoms with Crippen molar-refractivity contribution in [3.8, 4) is 0 Å². The molecule has 2 fully saturated rings. The minimum atomic E-state index is -1.10. The molecule has 2 aliphatic heterocycles. The normalized spacial score (nSPS) is 16.9. The van der Waals surface area contributed by atoms with Crippen molar-refractivity contribution in [1.29, 1.82) is 0 Å². The zero-order valence-corrected chi connectivity index (χ0v) is 19.3. The Balaban J connectivity index is 1.38. The smallest absolute Gasteiger partial charge is 0.337 e. The van der Waals surface area contributed by atoms with Gasteiger partial charge in [-0.25, -0.2) is 4.79 Å². The number of carboxylic acid groups (broad SMARTS) is 1. The highest BCUT2D eigenvalue weighted by Gasteiger charge is 2.24. The lowest BCUT2D eigenvalue weighted by Crippen LogP contribution is -2.51. The van der Waals surface area contributed by atoms with E-state index in [0.717, 1.165) is 11.3 Å². The molecule has 2 amide bonds. The largest absolute Gasteiger partial charge is 0.478 e. The van der Waals surface area contributed by atoms with Crippen LogP contribution in [0.25, 0.3) is 0 Å². The van der Waals surface area contributed by atoms with Crippen LogP contribution in [-0.2, 0) is 9.53 Å². The lowest BCUT2D eigenvalue weighted by atomic mass is 10.1. The van der Waals surface area contributed by atoms with Crippen molar-refractivity contribution < 1.29 is 24.2 Å². The van der Waals surface area contributed by atoms with Crippen LogP contribution < -0.4 is 10.2 Å². The number of aryl methyl sites for hydroxylation is 1. The summed E-state index contributed by atoms with van der Waals surface area (Å²) in [5, 5.41) is 12.5. The van der Waals surface area contributed by atoms with Gasteiger partial charge in [0.05, 0.1) is 31.0 Å². The molecule has 2 N–H and O–H groups in total. The number of rotatable bonds is 6. The van der Waals surface area contributed by atoms with Gasteiger partial charge in [-0.1, -0.05) is 17.7 Å². The molecule has 0 bridgehead atoms. The van der Waals surface area contributed by atoms with Gasteiger partial charge in [-0.15, -0.1) is 0 Å². The Kier molecular flexibility index (Phi) is 7.44. The molecule has 0 radical (unpaired) electrons. The summed E-state index contributed by atoms with van der Waals surface area (Å²) in [5.41, 5.74) is 2.52. The molecular weight excluding hydrogens is 436 g/mol. The van der Waals surface area contributed by atoms with Crippen molar-refractivity contribution in [2.75, 3.05) is 69.2 Å². The number of benzene rings is 2. The number of aromatic carboxylic acids is 1. The highest BCUT2D eigenvalue weighted by atomic mass is 16.5. The first-order valence-electron chi connectivity index (χ1n) is 11.5. The Bertz CT molecular complexity index is 1060. The molecule has 4 rings (SSSR count). The van der Waals surface area contributed by atoms with Crippen molar-refractivity contribution in [2.45, 2.75) is 6.92 Å². The van der Waals surface area contributed by atoms with Gasteiger partial charge in [0.2, 0.25) is 5.91 Å². The van der Waals surface area contributed by atoms with Crippen LogP contribution in [0.2, 0.25) is 0 Å². The van der Waals surface area contributed by atoms with E-state index >= 15 is 0 Å². The van der Waals surface area contributed by atoms with Gasteiger partial charge in [-0.3, -0.25) is 14.5 Å². The molecule has 9 nitrogen and oxygen atoms in total. The van der Waals surface area contributed by atoms with Crippen molar-refractivity contribution in [1.82, 2.24) is 9.80 Å². The van der Waals surface area contributed by atoms with Gasteiger partial charge in [0.25, 0.3) is 5.91 Å². The SMILES string of the molecule is Cc1cccc(C(=O)Nc2ccc(N3CCN(CC(=O)N4CCOCC4)CC3)cc2C(=O)O)c1. The first-order valence-corrected chi connectivity index (χ1v) is 11.5. The van der Waals surface area contributed by atoms with E-state index in [9.17, 15) is 19.5 Å². The number of ether oxygens (including phenoxy) is 1. The molecule has 180 valence electrons. The summed E-state index contributed by atoms with van der Waals surface area (Å²) in [6, 6.07) is 12.2. The first-order chi connectivity index (χ1) is 16.4. The van der Waals surface area contributed by atoms with Crippen LogP contribution in [-0.4, -0.2) is 91.7 Å². The standard InChI is InChI=1S/C25H30N4O5/c1-18-3-2-4-19(15-18)24(31)26-22-6-5-20(16-21(22)25(32)33)28-9-7-27(8-10-28)17-23(30)29-11-13-34-14-12-29/h2-6,15-16H,7-14,17H2,1H3,(H,26,31)(H,32,33). The van der Waals surface area contributed by atoms with Crippen molar-refractivity contribution in [3.63, 3.8) is 0 Å². The summed E-state index contributed by atoms with van der Waals surface area (Å²) in [4.78, 5) is 43.1. The van der Waals surface area contributed by atoms with E-state index in [-0.39, 0.29) is 23.1 Å². The van der Waals surface area contributed by atoms with E-state index < -0.39 is 5.97 Å². The average Bonchev–Trinajstić information content (AvgIpc) is 2.85. The number of amides is 2. The lowest BCUT2D eigenvalue weighted by Gasteiger charge is -2.37. The van der Waals surface area contributed by atoms with E-state index in [1.165, 1.54) is 0 Å². The molecule has 0 atom stereocenters. The van der Waals surface area contributed by atoms with Crippen LogP contribution in [0.3, 0.4) is 0 Å². The third-order valence-corrected chi connectivity index (χ3v) is 6.22. The minimum Gasteiger partial charge on any atom is -0.478 e. The molecule has 9 heteroatoms. The maximum atomic E-state index is 12.6. The van der Waals surface area contributed by atoms with Crippen molar-refractivity contribution >= 4 is 29.2 Å². The fraction of sp³-hybridized carbons (Fsp3) is 0.400. The second kappa shape index (κ2) is 10.7. The van der Waals surface area contributed by atoms with E-state index in [1.807, 2.05) is 24.0 Å². The van der Waals surface area contributed by atoms with Gasteiger partial charge >= 0.3 is 5.97 Å². The number of morpholine rings is 1. The quantitative estimate of drug-likeness (QED) is 0.671. The van der Waals surface area contributed by atoms with E-state index in [1.54, 1.807) is 30.3 Å². The zero-order valence-electron chi connectivity index (χ0n) is 19.3. The maximum Gasteiger partial charge on any atom is 0.337 e. The van der Waals surface area contributed by atoms with Gasteiger partial charge in [-0.2, -0.15) is 0 Å². The second-order valence-corrected chi connectivity index (χ2v) is 8.61. The summed E-state index contributed by atoms with van der Waals surface area (Å²) >= 11 is 0. The Morgan fingerprint density at radius 3 is 2.38 bits per heavy atom. The summed E-state index contributed by atoms with van der Waals surface area (Å²) in [7, 11) is 0. The Morgan fingerprint density at radius 2 is 1.71 bits per heavy atom. The Labute approximate surface area is 198 Å². The highest BCUT2D eigenvalue weighted by Crippen LogP contribution is 2.25. The molecule has 2 aromatic carbocycles. The third kappa shape index (κ3) is 5.73. The van der Waals surface area contributed by atoms with Crippen LogP contribution >= 0.6 is 0 Å². The summed E-state index contributed by atoms with van der Waals surface area (Å²) in [5.74, 6) is -1.33. The highest BCUT2D eigenvalue weighted by molar-refractivity contribution is 6.08. The van der Waals surface area contributed by atoms with Gasteiger partial charge in [-0.05, 0) is 37.3 Å².